The molecule has 0 saturated heterocycles. The van der Waals surface area contributed by atoms with Crippen LogP contribution in [0.3, 0.4) is 0 Å². The molecule has 162 valence electrons. The lowest BCUT2D eigenvalue weighted by Gasteiger charge is -2.14. The van der Waals surface area contributed by atoms with E-state index in [2.05, 4.69) is 10.5 Å². The molecule has 2 aromatic carbocycles. The van der Waals surface area contributed by atoms with Crippen molar-refractivity contribution in [1.29, 1.82) is 0 Å². The first-order valence-corrected chi connectivity index (χ1v) is 10.2. The Hall–Kier alpha value is -2.48. The van der Waals surface area contributed by atoms with Gasteiger partial charge < -0.3 is 25.7 Å². The van der Waals surface area contributed by atoms with Crippen molar-refractivity contribution in [3.63, 3.8) is 0 Å². The lowest BCUT2D eigenvalue weighted by Crippen LogP contribution is -2.33. The summed E-state index contributed by atoms with van der Waals surface area (Å²) in [6.07, 6.45) is 1.26. The minimum Gasteiger partial charge on any atom is -0.497 e. The number of benzene rings is 2. The smallest absolute Gasteiger partial charge is 0.269 e. The Kier molecular flexibility index (Phi) is 9.73. The number of nitrogens with one attached hydrogen (secondary N) is 1. The molecule has 0 atom stereocenters. The summed E-state index contributed by atoms with van der Waals surface area (Å²) in [5.74, 6) is 0.666. The van der Waals surface area contributed by atoms with Gasteiger partial charge >= 0.3 is 0 Å². The number of nitrogens with two attached hydrogens (primary N) is 1. The first kappa shape index (κ1) is 23.8. The SMILES string of the molecule is COc1ccc(CCNC(=O)/C(Cc2cc(Cl)cc(Cl)c2OCCCN)=N\O)cc1. The van der Waals surface area contributed by atoms with Gasteiger partial charge in [-0.1, -0.05) is 40.5 Å². The maximum absolute atomic E-state index is 12.5. The van der Waals surface area contributed by atoms with E-state index in [0.717, 1.165) is 11.3 Å². The van der Waals surface area contributed by atoms with E-state index < -0.39 is 5.91 Å². The van der Waals surface area contributed by atoms with E-state index in [1.54, 1.807) is 19.2 Å². The number of methoxy groups -OCH3 is 1. The number of nitrogens with zero attached hydrogens (tertiary/aromatic N) is 1. The average Bonchev–Trinajstić information content (AvgIpc) is 2.74. The quantitative estimate of drug-likeness (QED) is 0.209. The third kappa shape index (κ3) is 7.09. The van der Waals surface area contributed by atoms with Gasteiger partial charge in [-0.25, -0.2) is 0 Å². The first-order chi connectivity index (χ1) is 14.5. The van der Waals surface area contributed by atoms with E-state index in [4.69, 9.17) is 38.4 Å². The van der Waals surface area contributed by atoms with E-state index in [1.807, 2.05) is 24.3 Å². The van der Waals surface area contributed by atoms with Crippen LogP contribution in [-0.4, -0.2) is 43.6 Å². The highest BCUT2D eigenvalue weighted by Crippen LogP contribution is 2.33. The monoisotopic (exact) mass is 453 g/mol. The standard InChI is InChI=1S/C21H25Cl2N3O4/c1-29-17-5-3-14(4-6-17)7-9-25-21(27)19(26-28)12-15-11-16(22)13-18(23)20(15)30-10-2-8-24/h3-6,11,13,28H,2,7-10,12,24H2,1H3,(H,25,27)/b26-19-. The van der Waals surface area contributed by atoms with Gasteiger partial charge in [0.25, 0.3) is 5.91 Å². The zero-order valence-corrected chi connectivity index (χ0v) is 18.2. The van der Waals surface area contributed by atoms with Crippen LogP contribution in [0.2, 0.25) is 10.0 Å². The number of carbonyl (C=O) groups is 1. The van der Waals surface area contributed by atoms with E-state index in [-0.39, 0.29) is 12.1 Å². The Labute approximate surface area is 185 Å². The molecular formula is C21H25Cl2N3O4. The first-order valence-electron chi connectivity index (χ1n) is 9.41. The summed E-state index contributed by atoms with van der Waals surface area (Å²) in [4.78, 5) is 12.5. The molecule has 1 amide bonds. The Morgan fingerprint density at radius 2 is 1.97 bits per heavy atom. The molecule has 0 aromatic heterocycles. The molecule has 2 rings (SSSR count). The van der Waals surface area contributed by atoms with Gasteiger partial charge in [-0.2, -0.15) is 0 Å². The molecule has 0 radical (unpaired) electrons. The number of hydrogen-bond donors (Lipinski definition) is 3. The second-order valence-electron chi connectivity index (χ2n) is 6.44. The molecule has 0 saturated carbocycles. The molecule has 0 heterocycles. The summed E-state index contributed by atoms with van der Waals surface area (Å²) in [7, 11) is 1.60. The Morgan fingerprint density at radius 3 is 2.60 bits per heavy atom. The zero-order valence-electron chi connectivity index (χ0n) is 16.7. The van der Waals surface area contributed by atoms with E-state index in [0.29, 0.717) is 53.9 Å². The second kappa shape index (κ2) is 12.3. The fourth-order valence-electron chi connectivity index (χ4n) is 2.72. The summed E-state index contributed by atoms with van der Waals surface area (Å²) in [5.41, 5.74) is 7.00. The Balaban J connectivity index is 2.00. The van der Waals surface area contributed by atoms with Crippen molar-refractivity contribution < 1.29 is 19.5 Å². The van der Waals surface area contributed by atoms with Gasteiger partial charge in [0.1, 0.15) is 17.2 Å². The van der Waals surface area contributed by atoms with E-state index in [1.165, 1.54) is 0 Å². The molecule has 0 aliphatic carbocycles. The van der Waals surface area contributed by atoms with Crippen LogP contribution >= 0.6 is 23.2 Å². The van der Waals surface area contributed by atoms with Crippen molar-refractivity contribution in [2.45, 2.75) is 19.3 Å². The molecule has 0 aliphatic heterocycles. The summed E-state index contributed by atoms with van der Waals surface area (Å²) >= 11 is 12.3. The van der Waals surface area contributed by atoms with Crippen LogP contribution in [0.5, 0.6) is 11.5 Å². The van der Waals surface area contributed by atoms with Crippen LogP contribution in [-0.2, 0) is 17.6 Å². The van der Waals surface area contributed by atoms with Gasteiger partial charge in [0.05, 0.1) is 18.7 Å². The average molecular weight is 454 g/mol. The Bertz CT molecular complexity index is 873. The molecule has 0 spiro atoms. The van der Waals surface area contributed by atoms with E-state index in [9.17, 15) is 10.0 Å². The van der Waals surface area contributed by atoms with Crippen LogP contribution in [0.1, 0.15) is 17.5 Å². The number of carbonyl (C=O) groups excluding carboxylic acids is 1. The second-order valence-corrected chi connectivity index (χ2v) is 7.29. The molecule has 2 aromatic rings. The van der Waals surface area contributed by atoms with Crippen LogP contribution in [0.25, 0.3) is 0 Å². The van der Waals surface area contributed by atoms with Gasteiger partial charge in [-0.3, -0.25) is 4.79 Å². The van der Waals surface area contributed by atoms with Crippen molar-refractivity contribution >= 4 is 34.8 Å². The fraction of sp³-hybridized carbons (Fsp3) is 0.333. The molecule has 9 heteroatoms. The molecule has 7 nitrogen and oxygen atoms in total. The van der Waals surface area contributed by atoms with Gasteiger partial charge in [-0.15, -0.1) is 0 Å². The number of hydrogen-bond acceptors (Lipinski definition) is 6. The lowest BCUT2D eigenvalue weighted by molar-refractivity contribution is -0.115. The predicted octanol–water partition coefficient (Wildman–Crippen LogP) is 3.46. The molecular weight excluding hydrogens is 429 g/mol. The molecule has 4 N–H and O–H groups in total. The van der Waals surface area contributed by atoms with Gasteiger partial charge in [0.15, 0.2) is 0 Å². The third-order valence-electron chi connectivity index (χ3n) is 4.28. The third-order valence-corrected chi connectivity index (χ3v) is 4.78. The normalized spacial score (nSPS) is 11.3. The largest absolute Gasteiger partial charge is 0.497 e. The van der Waals surface area contributed by atoms with Crippen molar-refractivity contribution in [2.24, 2.45) is 10.9 Å². The lowest BCUT2D eigenvalue weighted by atomic mass is 10.1. The van der Waals surface area contributed by atoms with E-state index >= 15 is 0 Å². The predicted molar refractivity (Wildman–Crippen MR) is 118 cm³/mol. The number of amides is 1. The molecule has 0 bridgehead atoms. The number of ether oxygens (including phenoxy) is 2. The minimum absolute atomic E-state index is 0.00308. The summed E-state index contributed by atoms with van der Waals surface area (Å²) < 4.78 is 10.8. The van der Waals surface area contributed by atoms with Crippen LogP contribution < -0.4 is 20.5 Å². The van der Waals surface area contributed by atoms with Gasteiger partial charge in [0.2, 0.25) is 0 Å². The maximum atomic E-state index is 12.5. The maximum Gasteiger partial charge on any atom is 0.269 e. The van der Waals surface area contributed by atoms with Crippen molar-refractivity contribution in [2.75, 3.05) is 26.8 Å². The van der Waals surface area contributed by atoms with Crippen LogP contribution in [0.15, 0.2) is 41.6 Å². The summed E-state index contributed by atoms with van der Waals surface area (Å²) in [5, 5.41) is 16.0. The molecule has 0 unspecified atom stereocenters. The van der Waals surface area contributed by atoms with Gasteiger partial charge in [0, 0.05) is 23.6 Å². The highest BCUT2D eigenvalue weighted by Gasteiger charge is 2.18. The number of oxime groups is 1. The van der Waals surface area contributed by atoms with Crippen molar-refractivity contribution in [1.82, 2.24) is 5.32 Å². The van der Waals surface area contributed by atoms with Crippen molar-refractivity contribution in [3.05, 3.63) is 57.6 Å². The fourth-order valence-corrected chi connectivity index (χ4v) is 3.31. The van der Waals surface area contributed by atoms with Crippen LogP contribution in [0.4, 0.5) is 0 Å². The molecule has 30 heavy (non-hydrogen) atoms. The highest BCUT2D eigenvalue weighted by atomic mass is 35.5. The van der Waals surface area contributed by atoms with Crippen molar-refractivity contribution in [3.8, 4) is 11.5 Å². The molecule has 0 fully saturated rings. The topological polar surface area (TPSA) is 106 Å². The summed E-state index contributed by atoms with van der Waals surface area (Å²) in [6.45, 7) is 1.21. The zero-order chi connectivity index (χ0) is 21.9. The van der Waals surface area contributed by atoms with Crippen LogP contribution in [0, 0.1) is 0 Å². The minimum atomic E-state index is -0.491. The van der Waals surface area contributed by atoms with Gasteiger partial charge in [-0.05, 0) is 49.2 Å². The molecule has 0 aliphatic rings. The number of halogens is 2. The number of rotatable bonds is 11. The Morgan fingerprint density at radius 1 is 1.23 bits per heavy atom. The summed E-state index contributed by atoms with van der Waals surface area (Å²) in [6, 6.07) is 10.7. The highest BCUT2D eigenvalue weighted by molar-refractivity contribution is 6.39.